The van der Waals surface area contributed by atoms with Gasteiger partial charge in [-0.1, -0.05) is 12.8 Å². The number of amides is 2. The van der Waals surface area contributed by atoms with Crippen molar-refractivity contribution in [2.75, 3.05) is 19.6 Å². The molecule has 4 nitrogen and oxygen atoms in total. The molecule has 3 fully saturated rings. The summed E-state index contributed by atoms with van der Waals surface area (Å²) in [5, 5.41) is 2.04. The summed E-state index contributed by atoms with van der Waals surface area (Å²) in [4.78, 5) is 30.0. The van der Waals surface area contributed by atoms with Crippen molar-refractivity contribution in [2.24, 2.45) is 5.92 Å². The molecule has 1 aromatic rings. The summed E-state index contributed by atoms with van der Waals surface area (Å²) in [5.41, 5.74) is 0.868. The number of rotatable bonds is 2. The van der Waals surface area contributed by atoms with Gasteiger partial charge < -0.3 is 9.80 Å². The zero-order valence-corrected chi connectivity index (χ0v) is 15.9. The number of carbonyl (C=O) groups excluding carboxylic acids is 2. The number of nitrogens with zero attached hydrogens (tertiary/aromatic N) is 2. The zero-order chi connectivity index (χ0) is 17.4. The Labute approximate surface area is 154 Å². The molecular weight excluding hydrogens is 332 g/mol. The number of carbonyl (C=O) groups is 2. The van der Waals surface area contributed by atoms with Crippen molar-refractivity contribution in [3.05, 3.63) is 21.9 Å². The lowest BCUT2D eigenvalue weighted by molar-refractivity contribution is -0.127. The first kappa shape index (κ1) is 17.1. The van der Waals surface area contributed by atoms with Gasteiger partial charge in [0, 0.05) is 48.8 Å². The van der Waals surface area contributed by atoms with Crippen LogP contribution in [0.5, 0.6) is 0 Å². The maximum atomic E-state index is 13.1. The first-order valence-electron chi connectivity index (χ1n) is 9.78. The summed E-state index contributed by atoms with van der Waals surface area (Å²) in [6, 6.07) is 2.58. The number of thiophene rings is 1. The number of hydrogen-bond acceptors (Lipinski definition) is 3. The Morgan fingerprint density at radius 3 is 2.68 bits per heavy atom. The Morgan fingerprint density at radius 2 is 1.88 bits per heavy atom. The molecular formula is C20H28N2O2S. The zero-order valence-electron chi connectivity index (χ0n) is 15.1. The molecule has 0 aromatic carbocycles. The Bertz CT molecular complexity index is 654. The van der Waals surface area contributed by atoms with Gasteiger partial charge in [0.05, 0.1) is 5.56 Å². The van der Waals surface area contributed by atoms with Crippen LogP contribution in [0.1, 0.15) is 73.0 Å². The predicted molar refractivity (Wildman–Crippen MR) is 99.9 cm³/mol. The lowest BCUT2D eigenvalue weighted by Gasteiger charge is -2.44. The number of likely N-dealkylation sites (tertiary alicyclic amines) is 2. The predicted octanol–water partition coefficient (Wildman–Crippen LogP) is 3.88. The minimum absolute atomic E-state index is 0.159. The number of piperidine rings is 1. The molecule has 1 aromatic heterocycles. The fourth-order valence-electron chi connectivity index (χ4n) is 5.00. The van der Waals surface area contributed by atoms with Gasteiger partial charge in [-0.2, -0.15) is 0 Å². The van der Waals surface area contributed by atoms with E-state index < -0.39 is 0 Å². The van der Waals surface area contributed by atoms with Gasteiger partial charge in [-0.25, -0.2) is 0 Å². The third kappa shape index (κ3) is 3.35. The molecule has 0 radical (unpaired) electrons. The van der Waals surface area contributed by atoms with Crippen LogP contribution in [0.2, 0.25) is 0 Å². The molecule has 3 atom stereocenters. The van der Waals surface area contributed by atoms with E-state index in [1.807, 2.05) is 10.3 Å². The van der Waals surface area contributed by atoms with Crippen LogP contribution in [-0.4, -0.2) is 47.3 Å². The third-order valence-electron chi connectivity index (χ3n) is 6.41. The van der Waals surface area contributed by atoms with Crippen molar-refractivity contribution in [1.29, 1.82) is 0 Å². The second-order valence-corrected chi connectivity index (χ2v) is 8.88. The van der Waals surface area contributed by atoms with Crippen molar-refractivity contribution in [1.82, 2.24) is 9.80 Å². The molecule has 0 N–H and O–H groups in total. The fraction of sp³-hybridized carbons (Fsp3) is 0.700. The second kappa shape index (κ2) is 7.10. The normalized spacial score (nSPS) is 29.6. The summed E-state index contributed by atoms with van der Waals surface area (Å²) in [6.07, 6.45) is 8.55. The highest BCUT2D eigenvalue weighted by Gasteiger charge is 2.36. The van der Waals surface area contributed by atoms with Gasteiger partial charge in [0.25, 0.3) is 5.91 Å². The van der Waals surface area contributed by atoms with Gasteiger partial charge in [0.15, 0.2) is 0 Å². The van der Waals surface area contributed by atoms with Gasteiger partial charge in [-0.3, -0.25) is 9.59 Å². The first-order chi connectivity index (χ1) is 12.1. The van der Waals surface area contributed by atoms with Crippen LogP contribution in [0.4, 0.5) is 0 Å². The van der Waals surface area contributed by atoms with Crippen molar-refractivity contribution < 1.29 is 9.59 Å². The third-order valence-corrected chi connectivity index (χ3v) is 7.50. The molecule has 1 unspecified atom stereocenters. The second-order valence-electron chi connectivity index (χ2n) is 7.94. The minimum Gasteiger partial charge on any atom is -0.342 e. The molecule has 3 aliphatic rings. The Kier molecular flexibility index (Phi) is 4.85. The summed E-state index contributed by atoms with van der Waals surface area (Å²) >= 11 is 1.70. The van der Waals surface area contributed by atoms with Crippen LogP contribution >= 0.6 is 11.3 Å². The summed E-state index contributed by atoms with van der Waals surface area (Å²) < 4.78 is 0. The van der Waals surface area contributed by atoms with E-state index in [-0.39, 0.29) is 11.8 Å². The summed E-state index contributed by atoms with van der Waals surface area (Å²) in [5.74, 6) is 1.52. The van der Waals surface area contributed by atoms with Crippen LogP contribution in [0.3, 0.4) is 0 Å². The Hall–Kier alpha value is -1.36. The van der Waals surface area contributed by atoms with Gasteiger partial charge in [0.2, 0.25) is 5.91 Å². The average molecular weight is 361 g/mol. The molecule has 3 heterocycles. The van der Waals surface area contributed by atoms with E-state index in [4.69, 9.17) is 0 Å². The van der Waals surface area contributed by atoms with Crippen molar-refractivity contribution in [3.63, 3.8) is 0 Å². The van der Waals surface area contributed by atoms with E-state index in [9.17, 15) is 9.59 Å². The fourth-order valence-corrected chi connectivity index (χ4v) is 6.01. The highest BCUT2D eigenvalue weighted by molar-refractivity contribution is 7.10. The van der Waals surface area contributed by atoms with Crippen LogP contribution < -0.4 is 0 Å². The highest BCUT2D eigenvalue weighted by atomic mass is 32.1. The van der Waals surface area contributed by atoms with E-state index in [2.05, 4.69) is 11.0 Å². The van der Waals surface area contributed by atoms with Gasteiger partial charge in [0.1, 0.15) is 0 Å². The quantitative estimate of drug-likeness (QED) is 0.803. The Morgan fingerprint density at radius 1 is 1.08 bits per heavy atom. The molecule has 1 aliphatic carbocycles. The van der Waals surface area contributed by atoms with E-state index >= 15 is 0 Å². The molecule has 5 heteroatoms. The number of hydrogen-bond donors (Lipinski definition) is 0. The SMILES string of the molecule is CC(=O)N1CCC(c2cc(C(=O)N3CCC[C@@H]4CCCC[C@@H]43)cs2)C1. The lowest BCUT2D eigenvalue weighted by atomic mass is 9.78. The Balaban J connectivity index is 1.46. The van der Waals surface area contributed by atoms with Crippen molar-refractivity contribution in [3.8, 4) is 0 Å². The van der Waals surface area contributed by atoms with Crippen LogP contribution in [0.25, 0.3) is 0 Å². The first-order valence-corrected chi connectivity index (χ1v) is 10.7. The molecule has 2 saturated heterocycles. The van der Waals surface area contributed by atoms with E-state index in [0.29, 0.717) is 12.0 Å². The van der Waals surface area contributed by atoms with Gasteiger partial charge in [-0.05, 0) is 44.1 Å². The van der Waals surface area contributed by atoms with E-state index in [0.717, 1.165) is 44.0 Å². The molecule has 25 heavy (non-hydrogen) atoms. The molecule has 136 valence electrons. The molecule has 2 aliphatic heterocycles. The molecule has 4 rings (SSSR count). The minimum atomic E-state index is 0.159. The summed E-state index contributed by atoms with van der Waals surface area (Å²) in [6.45, 7) is 4.21. The monoisotopic (exact) mass is 360 g/mol. The largest absolute Gasteiger partial charge is 0.342 e. The number of fused-ring (bicyclic) bond motifs is 1. The van der Waals surface area contributed by atoms with Gasteiger partial charge in [-0.15, -0.1) is 11.3 Å². The van der Waals surface area contributed by atoms with Crippen LogP contribution in [-0.2, 0) is 4.79 Å². The lowest BCUT2D eigenvalue weighted by Crippen LogP contribution is -2.49. The topological polar surface area (TPSA) is 40.6 Å². The van der Waals surface area contributed by atoms with Gasteiger partial charge >= 0.3 is 0 Å². The smallest absolute Gasteiger partial charge is 0.254 e. The molecule has 2 amide bonds. The standard InChI is InChI=1S/C20H28N2O2S/c1-14(23)21-10-8-16(12-21)19-11-17(13-25-19)20(24)22-9-4-6-15-5-2-3-7-18(15)22/h11,13,15-16,18H,2-10,12H2,1H3/t15-,16?,18-/m0/s1. The molecule has 1 saturated carbocycles. The van der Waals surface area contributed by atoms with Crippen LogP contribution in [0.15, 0.2) is 11.4 Å². The molecule has 0 spiro atoms. The van der Waals surface area contributed by atoms with E-state index in [1.165, 1.54) is 37.0 Å². The maximum absolute atomic E-state index is 13.1. The van der Waals surface area contributed by atoms with Crippen molar-refractivity contribution >= 4 is 23.2 Å². The van der Waals surface area contributed by atoms with E-state index in [1.54, 1.807) is 18.3 Å². The molecule has 0 bridgehead atoms. The maximum Gasteiger partial charge on any atom is 0.254 e. The average Bonchev–Trinajstić information content (AvgIpc) is 3.30. The summed E-state index contributed by atoms with van der Waals surface area (Å²) in [7, 11) is 0. The highest BCUT2D eigenvalue weighted by Crippen LogP contribution is 2.37. The van der Waals surface area contributed by atoms with Crippen molar-refractivity contribution in [2.45, 2.75) is 63.8 Å². The van der Waals surface area contributed by atoms with Crippen LogP contribution in [0, 0.1) is 5.92 Å².